The zero-order valence-electron chi connectivity index (χ0n) is 15.9. The van der Waals surface area contributed by atoms with Crippen LogP contribution < -0.4 is 4.74 Å². The third-order valence-electron chi connectivity index (χ3n) is 4.29. The average Bonchev–Trinajstić information content (AvgIpc) is 2.73. The molecule has 0 spiro atoms. The van der Waals surface area contributed by atoms with E-state index in [1.165, 1.54) is 22.5 Å². The van der Waals surface area contributed by atoms with E-state index in [1.807, 2.05) is 18.2 Å². The Hall–Kier alpha value is -2.13. The molecule has 0 bridgehead atoms. The molecule has 1 aliphatic heterocycles. The van der Waals surface area contributed by atoms with Gasteiger partial charge < -0.3 is 14.2 Å². The van der Waals surface area contributed by atoms with Crippen LogP contribution in [0.4, 0.5) is 0 Å². The molecule has 156 valence electrons. The molecule has 1 fully saturated rings. The molecule has 1 aliphatic rings. The van der Waals surface area contributed by atoms with Crippen LogP contribution in [0, 0.1) is 0 Å². The largest absolute Gasteiger partial charge is 0.490 e. The first kappa shape index (κ1) is 21.6. The van der Waals surface area contributed by atoms with E-state index < -0.39 is 22.1 Å². The first-order valence-corrected chi connectivity index (χ1v) is 11.0. The first-order chi connectivity index (χ1) is 13.9. The van der Waals surface area contributed by atoms with Crippen molar-refractivity contribution in [3.05, 3.63) is 59.1 Å². The van der Waals surface area contributed by atoms with Gasteiger partial charge in [0.2, 0.25) is 10.0 Å². The molecule has 1 heterocycles. The average molecular weight is 440 g/mol. The summed E-state index contributed by atoms with van der Waals surface area (Å²) in [6.45, 7) is 2.97. The number of para-hydroxylation sites is 1. The maximum Gasteiger partial charge on any atom is 0.338 e. The van der Waals surface area contributed by atoms with Gasteiger partial charge in [0.15, 0.2) is 0 Å². The lowest BCUT2D eigenvalue weighted by Gasteiger charge is -2.26. The summed E-state index contributed by atoms with van der Waals surface area (Å²) >= 11 is 6.12. The summed E-state index contributed by atoms with van der Waals surface area (Å²) in [7, 11) is -3.83. The van der Waals surface area contributed by atoms with Crippen molar-refractivity contribution in [2.45, 2.75) is 17.9 Å². The number of carbonyl (C=O) groups is 1. The van der Waals surface area contributed by atoms with Crippen LogP contribution in [0.1, 0.15) is 17.3 Å². The molecule has 0 N–H and O–H groups in total. The normalized spacial score (nSPS) is 16.2. The summed E-state index contributed by atoms with van der Waals surface area (Å²) in [5.41, 5.74) is 0.104. The highest BCUT2D eigenvalue weighted by atomic mass is 35.5. The number of rotatable bonds is 7. The summed E-state index contributed by atoms with van der Waals surface area (Å²) in [4.78, 5) is 12.4. The molecule has 0 saturated carbocycles. The van der Waals surface area contributed by atoms with E-state index in [9.17, 15) is 13.2 Å². The van der Waals surface area contributed by atoms with Gasteiger partial charge in [-0.1, -0.05) is 29.8 Å². The molecule has 2 aromatic carbocycles. The predicted octanol–water partition coefficient (Wildman–Crippen LogP) is 2.99. The van der Waals surface area contributed by atoms with Crippen molar-refractivity contribution in [2.75, 3.05) is 32.9 Å². The van der Waals surface area contributed by atoms with Crippen molar-refractivity contribution in [1.82, 2.24) is 4.31 Å². The molecule has 2 aromatic rings. The Balaban J connectivity index is 1.68. The van der Waals surface area contributed by atoms with Gasteiger partial charge in [0, 0.05) is 13.1 Å². The van der Waals surface area contributed by atoms with Crippen LogP contribution >= 0.6 is 11.6 Å². The standard InChI is InChI=1S/C20H22ClNO6S/c1-15(14-27-17-5-3-2-4-6-17)28-20(23)16-7-8-18(21)19(13-16)29(24,25)22-9-11-26-12-10-22/h2-8,13,15H,9-12,14H2,1H3/t15-/m0/s1. The Morgan fingerprint density at radius 2 is 1.86 bits per heavy atom. The highest BCUT2D eigenvalue weighted by molar-refractivity contribution is 7.89. The molecule has 1 atom stereocenters. The number of esters is 1. The summed E-state index contributed by atoms with van der Waals surface area (Å²) in [6, 6.07) is 13.2. The van der Waals surface area contributed by atoms with E-state index in [4.69, 9.17) is 25.8 Å². The second kappa shape index (κ2) is 9.58. The predicted molar refractivity (Wildman–Crippen MR) is 108 cm³/mol. The topological polar surface area (TPSA) is 82.1 Å². The number of hydrogen-bond acceptors (Lipinski definition) is 6. The zero-order chi connectivity index (χ0) is 20.9. The van der Waals surface area contributed by atoms with Crippen LogP contribution in [0.3, 0.4) is 0 Å². The van der Waals surface area contributed by atoms with Gasteiger partial charge in [-0.05, 0) is 37.3 Å². The van der Waals surface area contributed by atoms with E-state index in [2.05, 4.69) is 0 Å². The number of nitrogens with zero attached hydrogens (tertiary/aromatic N) is 1. The number of benzene rings is 2. The van der Waals surface area contributed by atoms with Crippen molar-refractivity contribution in [3.8, 4) is 5.75 Å². The van der Waals surface area contributed by atoms with Gasteiger partial charge in [-0.25, -0.2) is 13.2 Å². The Morgan fingerprint density at radius 1 is 1.17 bits per heavy atom. The van der Waals surface area contributed by atoms with Crippen LogP contribution in [0.2, 0.25) is 5.02 Å². The lowest BCUT2D eigenvalue weighted by Crippen LogP contribution is -2.40. The highest BCUT2D eigenvalue weighted by Gasteiger charge is 2.29. The van der Waals surface area contributed by atoms with Gasteiger partial charge in [0.1, 0.15) is 23.4 Å². The van der Waals surface area contributed by atoms with E-state index in [0.717, 1.165) is 0 Å². The lowest BCUT2D eigenvalue weighted by molar-refractivity contribution is 0.0228. The molecular formula is C20H22ClNO6S. The summed E-state index contributed by atoms with van der Waals surface area (Å²) in [5.74, 6) is 0.0186. The molecule has 0 radical (unpaired) electrons. The minimum Gasteiger partial charge on any atom is -0.490 e. The fraction of sp³-hybridized carbons (Fsp3) is 0.350. The number of morpholine rings is 1. The minimum absolute atomic E-state index is 0.0495. The maximum absolute atomic E-state index is 12.9. The van der Waals surface area contributed by atoms with Crippen LogP contribution in [-0.2, 0) is 19.5 Å². The number of carbonyl (C=O) groups excluding carboxylic acids is 1. The molecule has 0 amide bonds. The molecule has 7 nitrogen and oxygen atoms in total. The summed E-state index contributed by atoms with van der Waals surface area (Å²) < 4.78 is 43.2. The number of halogens is 1. The van der Waals surface area contributed by atoms with Gasteiger partial charge in [-0.15, -0.1) is 0 Å². The van der Waals surface area contributed by atoms with Crippen LogP contribution in [-0.4, -0.2) is 57.7 Å². The molecule has 3 rings (SSSR count). The van der Waals surface area contributed by atoms with E-state index in [0.29, 0.717) is 19.0 Å². The molecule has 0 unspecified atom stereocenters. The fourth-order valence-electron chi connectivity index (χ4n) is 2.77. The number of sulfonamides is 1. The van der Waals surface area contributed by atoms with Gasteiger partial charge in [0.05, 0.1) is 23.8 Å². The Bertz CT molecular complexity index is 945. The molecule has 9 heteroatoms. The SMILES string of the molecule is C[C@@H](COc1ccccc1)OC(=O)c1ccc(Cl)c(S(=O)(=O)N2CCOCC2)c1. The monoisotopic (exact) mass is 439 g/mol. The van der Waals surface area contributed by atoms with Crippen molar-refractivity contribution in [2.24, 2.45) is 0 Å². The van der Waals surface area contributed by atoms with Gasteiger partial charge in [0.25, 0.3) is 0 Å². The Kier molecular flexibility index (Phi) is 7.13. The Labute approximate surface area is 175 Å². The van der Waals surface area contributed by atoms with Crippen molar-refractivity contribution >= 4 is 27.6 Å². The third-order valence-corrected chi connectivity index (χ3v) is 6.67. The summed E-state index contributed by atoms with van der Waals surface area (Å²) in [5, 5.41) is 0.0495. The van der Waals surface area contributed by atoms with Crippen LogP contribution in [0.5, 0.6) is 5.75 Å². The minimum atomic E-state index is -3.83. The van der Waals surface area contributed by atoms with E-state index in [-0.39, 0.29) is 35.2 Å². The highest BCUT2D eigenvalue weighted by Crippen LogP contribution is 2.27. The third kappa shape index (κ3) is 5.48. The van der Waals surface area contributed by atoms with Crippen LogP contribution in [0.15, 0.2) is 53.4 Å². The van der Waals surface area contributed by atoms with Crippen molar-refractivity contribution in [3.63, 3.8) is 0 Å². The lowest BCUT2D eigenvalue weighted by atomic mass is 10.2. The zero-order valence-corrected chi connectivity index (χ0v) is 17.5. The van der Waals surface area contributed by atoms with Gasteiger partial charge in [-0.3, -0.25) is 0 Å². The quantitative estimate of drug-likeness (QED) is 0.617. The Morgan fingerprint density at radius 3 is 2.55 bits per heavy atom. The van der Waals surface area contributed by atoms with Crippen molar-refractivity contribution < 1.29 is 27.4 Å². The number of ether oxygens (including phenoxy) is 3. The maximum atomic E-state index is 12.9. The van der Waals surface area contributed by atoms with Gasteiger partial charge in [-0.2, -0.15) is 4.31 Å². The molecule has 0 aromatic heterocycles. The molecule has 1 saturated heterocycles. The second-order valence-corrected chi connectivity index (χ2v) is 8.82. The van der Waals surface area contributed by atoms with Crippen LogP contribution in [0.25, 0.3) is 0 Å². The summed E-state index contributed by atoms with van der Waals surface area (Å²) in [6.07, 6.45) is -0.530. The second-order valence-electron chi connectivity index (χ2n) is 6.50. The smallest absolute Gasteiger partial charge is 0.338 e. The first-order valence-electron chi connectivity index (χ1n) is 9.14. The molecule has 29 heavy (non-hydrogen) atoms. The fourth-order valence-corrected chi connectivity index (χ4v) is 4.68. The molecule has 0 aliphatic carbocycles. The molecular weight excluding hydrogens is 418 g/mol. The van der Waals surface area contributed by atoms with E-state index in [1.54, 1.807) is 19.1 Å². The van der Waals surface area contributed by atoms with Crippen molar-refractivity contribution in [1.29, 1.82) is 0 Å². The van der Waals surface area contributed by atoms with E-state index >= 15 is 0 Å². The van der Waals surface area contributed by atoms with Gasteiger partial charge >= 0.3 is 5.97 Å². The number of hydrogen-bond donors (Lipinski definition) is 0.